The maximum atomic E-state index is 12.3. The van der Waals surface area contributed by atoms with Gasteiger partial charge in [0.1, 0.15) is 0 Å². The van der Waals surface area contributed by atoms with Crippen LogP contribution in [0.25, 0.3) is 0 Å². The molecule has 1 saturated carbocycles. The van der Waals surface area contributed by atoms with Gasteiger partial charge in [-0.15, -0.1) is 12.4 Å². The van der Waals surface area contributed by atoms with Gasteiger partial charge in [-0.1, -0.05) is 6.42 Å². The van der Waals surface area contributed by atoms with Crippen molar-refractivity contribution in [2.45, 2.75) is 51.6 Å². The molecule has 0 aromatic heterocycles. The number of hydrogen-bond donors (Lipinski definition) is 2. The summed E-state index contributed by atoms with van der Waals surface area (Å²) in [6.07, 6.45) is 3.50. The lowest BCUT2D eigenvalue weighted by molar-refractivity contribution is -0.129. The molecule has 2 fully saturated rings. The molecule has 1 saturated heterocycles. The van der Waals surface area contributed by atoms with Gasteiger partial charge in [0.2, 0.25) is 11.8 Å². The number of nitrogens with one attached hydrogen (secondary N) is 1. The van der Waals surface area contributed by atoms with Gasteiger partial charge in [-0.25, -0.2) is 0 Å². The number of carbonyl (C=O) groups excluding carboxylic acids is 2. The molecular formula is C14H26ClN3O2. The number of halogens is 1. The molecule has 3 atom stereocenters. The van der Waals surface area contributed by atoms with Gasteiger partial charge in [0.25, 0.3) is 0 Å². The Bertz CT molecular complexity index is 362. The number of hydrogen-bond acceptors (Lipinski definition) is 3. The summed E-state index contributed by atoms with van der Waals surface area (Å²) in [5.74, 6) is 0.602. The highest BCUT2D eigenvalue weighted by Crippen LogP contribution is 2.31. The molecule has 3 N–H and O–H groups in total. The average Bonchev–Trinajstić information content (AvgIpc) is 2.95. The molecule has 0 bridgehead atoms. The lowest BCUT2D eigenvalue weighted by Gasteiger charge is -2.22. The van der Waals surface area contributed by atoms with E-state index in [4.69, 9.17) is 5.73 Å². The number of likely N-dealkylation sites (tertiary alicyclic amines) is 1. The van der Waals surface area contributed by atoms with Crippen LogP contribution in [0.3, 0.4) is 0 Å². The molecule has 5 nitrogen and oxygen atoms in total. The summed E-state index contributed by atoms with van der Waals surface area (Å²) in [5.41, 5.74) is 5.71. The highest BCUT2D eigenvalue weighted by Gasteiger charge is 2.36. The van der Waals surface area contributed by atoms with Crippen LogP contribution in [0.15, 0.2) is 0 Å². The van der Waals surface area contributed by atoms with Crippen molar-refractivity contribution in [1.29, 1.82) is 0 Å². The summed E-state index contributed by atoms with van der Waals surface area (Å²) in [4.78, 5) is 25.9. The Morgan fingerprint density at radius 1 is 1.45 bits per heavy atom. The van der Waals surface area contributed by atoms with Gasteiger partial charge in [-0.3, -0.25) is 9.59 Å². The van der Waals surface area contributed by atoms with Crippen LogP contribution in [0.2, 0.25) is 0 Å². The van der Waals surface area contributed by atoms with Crippen molar-refractivity contribution in [3.8, 4) is 0 Å². The minimum atomic E-state index is -0.0265. The van der Waals surface area contributed by atoms with E-state index >= 15 is 0 Å². The van der Waals surface area contributed by atoms with Gasteiger partial charge in [-0.05, 0) is 39.2 Å². The molecule has 0 aromatic rings. The molecule has 1 heterocycles. The van der Waals surface area contributed by atoms with Crippen molar-refractivity contribution in [2.75, 3.05) is 13.1 Å². The number of carbonyl (C=O) groups is 2. The fourth-order valence-corrected chi connectivity index (χ4v) is 3.30. The second-order valence-electron chi connectivity index (χ2n) is 6.08. The number of amides is 2. The first-order chi connectivity index (χ1) is 9.02. The third kappa shape index (κ3) is 3.64. The van der Waals surface area contributed by atoms with E-state index in [9.17, 15) is 9.59 Å². The largest absolute Gasteiger partial charge is 0.351 e. The minimum absolute atomic E-state index is 0. The van der Waals surface area contributed by atoms with E-state index in [0.717, 1.165) is 19.3 Å². The summed E-state index contributed by atoms with van der Waals surface area (Å²) < 4.78 is 0. The van der Waals surface area contributed by atoms with Gasteiger partial charge in [0.15, 0.2) is 0 Å². The van der Waals surface area contributed by atoms with E-state index in [-0.39, 0.29) is 42.2 Å². The molecule has 0 spiro atoms. The predicted octanol–water partition coefficient (Wildman–Crippen LogP) is 0.909. The van der Waals surface area contributed by atoms with Crippen LogP contribution >= 0.6 is 12.4 Å². The molecule has 1 aliphatic heterocycles. The van der Waals surface area contributed by atoms with Crippen molar-refractivity contribution in [2.24, 2.45) is 17.6 Å². The molecule has 1 unspecified atom stereocenters. The number of nitrogens with zero attached hydrogens (tertiary/aromatic N) is 1. The Balaban J connectivity index is 0.00000200. The summed E-state index contributed by atoms with van der Waals surface area (Å²) in [7, 11) is 0. The van der Waals surface area contributed by atoms with Gasteiger partial charge in [-0.2, -0.15) is 0 Å². The zero-order valence-corrected chi connectivity index (χ0v) is 13.1. The van der Waals surface area contributed by atoms with Crippen molar-refractivity contribution in [3.63, 3.8) is 0 Å². The number of rotatable bonds is 4. The monoisotopic (exact) mass is 303 g/mol. The molecule has 116 valence electrons. The zero-order chi connectivity index (χ0) is 14.0. The lowest BCUT2D eigenvalue weighted by Crippen LogP contribution is -2.43. The van der Waals surface area contributed by atoms with Crippen molar-refractivity contribution in [1.82, 2.24) is 10.2 Å². The van der Waals surface area contributed by atoms with Gasteiger partial charge < -0.3 is 16.0 Å². The first kappa shape index (κ1) is 17.2. The molecule has 6 heteroatoms. The van der Waals surface area contributed by atoms with Gasteiger partial charge in [0.05, 0.1) is 6.04 Å². The van der Waals surface area contributed by atoms with Crippen LogP contribution in [-0.2, 0) is 9.59 Å². The van der Waals surface area contributed by atoms with Gasteiger partial charge >= 0.3 is 0 Å². The van der Waals surface area contributed by atoms with Gasteiger partial charge in [0, 0.05) is 24.9 Å². The third-order valence-electron chi connectivity index (χ3n) is 4.43. The molecule has 2 rings (SSSR count). The predicted molar refractivity (Wildman–Crippen MR) is 80.5 cm³/mol. The van der Waals surface area contributed by atoms with Crippen molar-refractivity contribution in [3.05, 3.63) is 0 Å². The standard InChI is InChI=1S/C14H25N3O2.ClH/c1-9(2)17-8-11(6-13(17)18)16-14(19)12-5-3-4-10(12)7-15;/h9-12H,3-8,15H2,1-2H3,(H,16,19);1H/t10-,11?,12-;/m1./s1. The van der Waals surface area contributed by atoms with E-state index in [2.05, 4.69) is 5.32 Å². The molecule has 1 aliphatic carbocycles. The van der Waals surface area contributed by atoms with Crippen molar-refractivity contribution >= 4 is 24.2 Å². The van der Waals surface area contributed by atoms with Crippen LogP contribution in [0.5, 0.6) is 0 Å². The van der Waals surface area contributed by atoms with Crippen LogP contribution in [0, 0.1) is 11.8 Å². The summed E-state index contributed by atoms with van der Waals surface area (Å²) in [6.45, 7) is 5.23. The minimum Gasteiger partial charge on any atom is -0.351 e. The topological polar surface area (TPSA) is 75.4 Å². The quantitative estimate of drug-likeness (QED) is 0.810. The van der Waals surface area contributed by atoms with Crippen molar-refractivity contribution < 1.29 is 9.59 Å². The second kappa shape index (κ2) is 7.27. The maximum absolute atomic E-state index is 12.3. The Morgan fingerprint density at radius 2 is 2.15 bits per heavy atom. The van der Waals surface area contributed by atoms with Crippen LogP contribution in [-0.4, -0.2) is 41.9 Å². The first-order valence-corrected chi connectivity index (χ1v) is 7.32. The summed E-state index contributed by atoms with van der Waals surface area (Å²) in [5, 5.41) is 3.04. The Hall–Kier alpha value is -0.810. The fourth-order valence-electron chi connectivity index (χ4n) is 3.30. The zero-order valence-electron chi connectivity index (χ0n) is 12.3. The van der Waals surface area contributed by atoms with Crippen LogP contribution in [0.1, 0.15) is 39.5 Å². The number of nitrogens with two attached hydrogens (primary N) is 1. The molecule has 0 aromatic carbocycles. The highest BCUT2D eigenvalue weighted by atomic mass is 35.5. The normalized spacial score (nSPS) is 29.7. The molecule has 2 aliphatic rings. The average molecular weight is 304 g/mol. The molecular weight excluding hydrogens is 278 g/mol. The summed E-state index contributed by atoms with van der Waals surface area (Å²) >= 11 is 0. The SMILES string of the molecule is CC(C)N1CC(NC(=O)[C@@H]2CCC[C@@H]2CN)CC1=O.Cl. The van der Waals surface area contributed by atoms with Crippen LogP contribution in [0.4, 0.5) is 0 Å². The second-order valence-corrected chi connectivity index (χ2v) is 6.08. The third-order valence-corrected chi connectivity index (χ3v) is 4.43. The lowest BCUT2D eigenvalue weighted by atomic mass is 9.95. The first-order valence-electron chi connectivity index (χ1n) is 7.32. The molecule has 0 radical (unpaired) electrons. The van der Waals surface area contributed by atoms with E-state index in [1.54, 1.807) is 0 Å². The Labute approximate surface area is 127 Å². The summed E-state index contributed by atoms with van der Waals surface area (Å²) in [6, 6.07) is 0.180. The Kier molecular flexibility index (Phi) is 6.27. The van der Waals surface area contributed by atoms with E-state index in [0.29, 0.717) is 25.4 Å². The fraction of sp³-hybridized carbons (Fsp3) is 0.857. The van der Waals surface area contributed by atoms with E-state index < -0.39 is 0 Å². The Morgan fingerprint density at radius 3 is 2.70 bits per heavy atom. The van der Waals surface area contributed by atoms with Crippen LogP contribution < -0.4 is 11.1 Å². The van der Waals surface area contributed by atoms with E-state index in [1.165, 1.54) is 0 Å². The smallest absolute Gasteiger partial charge is 0.225 e. The maximum Gasteiger partial charge on any atom is 0.225 e. The highest BCUT2D eigenvalue weighted by molar-refractivity contribution is 5.85. The molecule has 20 heavy (non-hydrogen) atoms. The molecule has 2 amide bonds. The van der Waals surface area contributed by atoms with E-state index in [1.807, 2.05) is 18.7 Å².